The van der Waals surface area contributed by atoms with Crippen LogP contribution >= 0.6 is 11.3 Å². The van der Waals surface area contributed by atoms with Crippen LogP contribution < -0.4 is 4.90 Å². The topological polar surface area (TPSA) is 3.24 Å². The largest absolute Gasteiger partial charge is 0.309 e. The van der Waals surface area contributed by atoms with Crippen molar-refractivity contribution in [2.75, 3.05) is 4.90 Å². The maximum Gasteiger partial charge on any atom is 0.0547 e. The first-order chi connectivity index (χ1) is 23.8. The number of thiophene rings is 1. The lowest BCUT2D eigenvalue weighted by molar-refractivity contribution is 1.30. The second kappa shape index (κ2) is 12.0. The first kappa shape index (κ1) is 28.3. The van der Waals surface area contributed by atoms with Crippen molar-refractivity contribution < 1.29 is 0 Å². The molecule has 8 aromatic carbocycles. The Hall–Kier alpha value is -5.96. The van der Waals surface area contributed by atoms with Crippen molar-refractivity contribution in [3.05, 3.63) is 188 Å². The van der Waals surface area contributed by atoms with E-state index in [1.54, 1.807) is 0 Å². The van der Waals surface area contributed by atoms with Crippen LogP contribution in [0.15, 0.2) is 188 Å². The first-order valence-electron chi connectivity index (χ1n) is 16.4. The van der Waals surface area contributed by atoms with Gasteiger partial charge in [0.2, 0.25) is 0 Å². The Labute approximate surface area is 284 Å². The molecular weight excluding hydrogens is 599 g/mol. The Bertz CT molecular complexity index is 2530. The predicted octanol–water partition coefficient (Wildman–Crippen LogP) is 13.7. The van der Waals surface area contributed by atoms with E-state index < -0.39 is 0 Å². The lowest BCUT2D eigenvalue weighted by Crippen LogP contribution is -2.11. The number of rotatable bonds is 6. The van der Waals surface area contributed by atoms with E-state index in [2.05, 4.69) is 193 Å². The van der Waals surface area contributed by atoms with Gasteiger partial charge in [-0.15, -0.1) is 11.3 Å². The fourth-order valence-electron chi connectivity index (χ4n) is 7.00. The minimum atomic E-state index is 1.12. The van der Waals surface area contributed by atoms with Gasteiger partial charge in [0.25, 0.3) is 0 Å². The molecule has 1 heterocycles. The van der Waals surface area contributed by atoms with Crippen molar-refractivity contribution in [2.45, 2.75) is 0 Å². The van der Waals surface area contributed by atoms with Gasteiger partial charge in [-0.3, -0.25) is 0 Å². The molecule has 0 N–H and O–H groups in total. The summed E-state index contributed by atoms with van der Waals surface area (Å²) in [6.45, 7) is 0. The number of hydrogen-bond donors (Lipinski definition) is 0. The lowest BCUT2D eigenvalue weighted by atomic mass is 9.97. The minimum Gasteiger partial charge on any atom is -0.309 e. The van der Waals surface area contributed by atoms with Crippen molar-refractivity contribution in [3.63, 3.8) is 0 Å². The number of benzene rings is 8. The summed E-state index contributed by atoms with van der Waals surface area (Å²) in [5.41, 5.74) is 10.8. The van der Waals surface area contributed by atoms with Gasteiger partial charge in [-0.05, 0) is 52.1 Å². The van der Waals surface area contributed by atoms with Gasteiger partial charge >= 0.3 is 0 Å². The smallest absolute Gasteiger partial charge is 0.0547 e. The average molecular weight is 630 g/mol. The highest BCUT2D eigenvalue weighted by Crippen LogP contribution is 2.49. The number of fused-ring (bicyclic) bond motifs is 5. The zero-order valence-electron chi connectivity index (χ0n) is 26.3. The molecule has 9 rings (SSSR count). The molecule has 1 aromatic heterocycles. The highest BCUT2D eigenvalue weighted by molar-refractivity contribution is 7.27. The van der Waals surface area contributed by atoms with Gasteiger partial charge in [0.1, 0.15) is 0 Å². The Kier molecular flexibility index (Phi) is 7.07. The molecule has 0 aliphatic rings. The van der Waals surface area contributed by atoms with Crippen molar-refractivity contribution in [2.24, 2.45) is 0 Å². The molecule has 2 heteroatoms. The van der Waals surface area contributed by atoms with Gasteiger partial charge < -0.3 is 4.90 Å². The molecule has 0 saturated heterocycles. The normalized spacial score (nSPS) is 11.3. The SMILES string of the molecule is c1ccc(-c2ccc(-c3ccccc3N(c3ccccc3)c3cc4c5cccc(-c6ccccc6)c5sc4c4ccccc34)cc2)cc1. The van der Waals surface area contributed by atoms with Gasteiger partial charge in [0.15, 0.2) is 0 Å². The van der Waals surface area contributed by atoms with E-state index in [-0.39, 0.29) is 0 Å². The lowest BCUT2D eigenvalue weighted by Gasteiger charge is -2.29. The quantitative estimate of drug-likeness (QED) is 0.177. The van der Waals surface area contributed by atoms with Crippen LogP contribution in [0.2, 0.25) is 0 Å². The third-order valence-electron chi connectivity index (χ3n) is 9.27. The molecule has 226 valence electrons. The fraction of sp³-hybridized carbons (Fsp3) is 0. The van der Waals surface area contributed by atoms with Crippen LogP contribution in [0.4, 0.5) is 17.1 Å². The zero-order valence-corrected chi connectivity index (χ0v) is 27.1. The van der Waals surface area contributed by atoms with Crippen LogP contribution in [0.5, 0.6) is 0 Å². The molecule has 9 aromatic rings. The summed E-state index contributed by atoms with van der Waals surface area (Å²) < 4.78 is 2.65. The van der Waals surface area contributed by atoms with Gasteiger partial charge in [-0.1, -0.05) is 164 Å². The molecular formula is C46H31NS. The third kappa shape index (κ3) is 4.86. The molecule has 1 nitrogen and oxygen atoms in total. The summed E-state index contributed by atoms with van der Waals surface area (Å²) in [5.74, 6) is 0. The fourth-order valence-corrected chi connectivity index (χ4v) is 8.36. The summed E-state index contributed by atoms with van der Waals surface area (Å²) in [7, 11) is 0. The Morgan fingerprint density at radius 3 is 1.56 bits per heavy atom. The molecule has 0 aliphatic heterocycles. The molecule has 0 unspecified atom stereocenters. The number of anilines is 3. The van der Waals surface area contributed by atoms with Crippen LogP contribution in [0.1, 0.15) is 0 Å². The average Bonchev–Trinajstić information content (AvgIpc) is 3.55. The first-order valence-corrected chi connectivity index (χ1v) is 17.2. The van der Waals surface area contributed by atoms with Gasteiger partial charge in [-0.2, -0.15) is 0 Å². The maximum absolute atomic E-state index is 2.45. The summed E-state index contributed by atoms with van der Waals surface area (Å²) in [5, 5.41) is 5.08. The van der Waals surface area contributed by atoms with Gasteiger partial charge in [0, 0.05) is 42.2 Å². The number of para-hydroxylation sites is 2. The van der Waals surface area contributed by atoms with E-state index in [0.29, 0.717) is 0 Å². The van der Waals surface area contributed by atoms with E-state index in [0.717, 1.165) is 11.4 Å². The van der Waals surface area contributed by atoms with Crippen molar-refractivity contribution in [1.29, 1.82) is 0 Å². The molecule has 0 amide bonds. The Morgan fingerprint density at radius 1 is 0.312 bits per heavy atom. The van der Waals surface area contributed by atoms with Crippen LogP contribution in [0.25, 0.3) is 64.3 Å². The molecule has 0 saturated carbocycles. The van der Waals surface area contributed by atoms with E-state index >= 15 is 0 Å². The minimum absolute atomic E-state index is 1.12. The van der Waals surface area contributed by atoms with Crippen LogP contribution in [-0.2, 0) is 0 Å². The molecule has 0 spiro atoms. The summed E-state index contributed by atoms with van der Waals surface area (Å²) >= 11 is 1.91. The van der Waals surface area contributed by atoms with Crippen LogP contribution in [0.3, 0.4) is 0 Å². The van der Waals surface area contributed by atoms with E-state index in [4.69, 9.17) is 0 Å². The Morgan fingerprint density at radius 2 is 0.812 bits per heavy atom. The van der Waals surface area contributed by atoms with E-state index in [1.807, 2.05) is 11.3 Å². The summed E-state index contributed by atoms with van der Waals surface area (Å²) in [4.78, 5) is 2.45. The van der Waals surface area contributed by atoms with Crippen molar-refractivity contribution in [1.82, 2.24) is 0 Å². The monoisotopic (exact) mass is 629 g/mol. The molecule has 0 atom stereocenters. The summed E-state index contributed by atoms with van der Waals surface area (Å²) in [6, 6.07) is 68.0. The number of hydrogen-bond acceptors (Lipinski definition) is 2. The number of nitrogens with zero attached hydrogens (tertiary/aromatic N) is 1. The second-order valence-corrected chi connectivity index (χ2v) is 13.1. The zero-order chi connectivity index (χ0) is 31.9. The summed E-state index contributed by atoms with van der Waals surface area (Å²) in [6.07, 6.45) is 0. The van der Waals surface area contributed by atoms with E-state index in [9.17, 15) is 0 Å². The van der Waals surface area contributed by atoms with Crippen molar-refractivity contribution in [3.8, 4) is 33.4 Å². The second-order valence-electron chi connectivity index (χ2n) is 12.1. The third-order valence-corrected chi connectivity index (χ3v) is 10.6. The van der Waals surface area contributed by atoms with Gasteiger partial charge in [0.05, 0.1) is 11.4 Å². The molecule has 0 bridgehead atoms. The van der Waals surface area contributed by atoms with Crippen LogP contribution in [-0.4, -0.2) is 0 Å². The maximum atomic E-state index is 2.45. The van der Waals surface area contributed by atoms with Gasteiger partial charge in [-0.25, -0.2) is 0 Å². The van der Waals surface area contributed by atoms with Crippen LogP contribution in [0, 0.1) is 0 Å². The Balaban J connectivity index is 1.29. The predicted molar refractivity (Wildman–Crippen MR) is 208 cm³/mol. The highest BCUT2D eigenvalue weighted by Gasteiger charge is 2.22. The molecule has 0 radical (unpaired) electrons. The molecule has 48 heavy (non-hydrogen) atoms. The molecule has 0 aliphatic carbocycles. The standard InChI is InChI=1S/C46H31NS/c1-4-15-32(16-5-1)33-27-29-35(30-28-33)37-21-12-13-26-43(37)47(36-19-8-3-9-20-36)44-31-42-41-25-14-24-38(34-17-6-2-7-18-34)45(41)48-46(42)40-23-11-10-22-39(40)44/h1-31H. The van der Waals surface area contributed by atoms with E-state index in [1.165, 1.54) is 70.0 Å². The van der Waals surface area contributed by atoms with Crippen molar-refractivity contribution >= 4 is 59.3 Å². The highest BCUT2D eigenvalue weighted by atomic mass is 32.1. The molecule has 0 fully saturated rings.